The molecule has 9 fully saturated rings. The zero-order valence-corrected chi connectivity index (χ0v) is 25.8. The van der Waals surface area contributed by atoms with Crippen LogP contribution in [0.5, 0.6) is 0 Å². The average molecular weight is 587 g/mol. The Hall–Kier alpha value is -1.22. The molecule has 8 nitrogen and oxygen atoms in total. The van der Waals surface area contributed by atoms with Gasteiger partial charge < -0.3 is 28.7 Å². The fourth-order valence-corrected chi connectivity index (χ4v) is 11.4. The minimum Gasteiger partial charge on any atom is -0.377 e. The van der Waals surface area contributed by atoms with Crippen LogP contribution in [0, 0.1) is 46.3 Å². The van der Waals surface area contributed by atoms with Crippen LogP contribution in [0.25, 0.3) is 0 Å². The van der Waals surface area contributed by atoms with Gasteiger partial charge in [0.25, 0.3) is 0 Å². The summed E-state index contributed by atoms with van der Waals surface area (Å²) in [5, 5.41) is 0. The molecule has 1 saturated heterocycles. The maximum absolute atomic E-state index is 14.0. The van der Waals surface area contributed by atoms with E-state index in [0.29, 0.717) is 90.8 Å². The number of carbonyl (C=O) groups excluding carboxylic acids is 2. The molecule has 1 aliphatic heterocycles. The predicted octanol–water partition coefficient (Wildman–Crippen LogP) is 4.16. The van der Waals surface area contributed by atoms with Crippen molar-refractivity contribution in [3.63, 3.8) is 0 Å². The number of hydrogen-bond acceptors (Lipinski definition) is 6. The van der Waals surface area contributed by atoms with Crippen molar-refractivity contribution in [1.82, 2.24) is 9.80 Å². The molecule has 0 aromatic heterocycles. The maximum atomic E-state index is 14.0. The first-order valence-electron chi connectivity index (χ1n) is 17.4. The Labute approximate surface area is 252 Å². The molecule has 8 saturated carbocycles. The van der Waals surface area contributed by atoms with Crippen molar-refractivity contribution in [2.75, 3.05) is 79.0 Å². The van der Waals surface area contributed by atoms with Gasteiger partial charge in [0, 0.05) is 26.2 Å². The Bertz CT molecular complexity index is 803. The van der Waals surface area contributed by atoms with Crippen LogP contribution in [0.15, 0.2) is 0 Å². The lowest BCUT2D eigenvalue weighted by atomic mass is 9.49. The van der Waals surface area contributed by atoms with E-state index in [-0.39, 0.29) is 10.8 Å². The van der Waals surface area contributed by atoms with E-state index in [4.69, 9.17) is 18.9 Å². The summed E-state index contributed by atoms with van der Waals surface area (Å²) in [6.45, 7) is 6.49. The number of amides is 2. The van der Waals surface area contributed by atoms with Crippen LogP contribution < -0.4 is 0 Å². The monoisotopic (exact) mass is 586 g/mol. The summed E-state index contributed by atoms with van der Waals surface area (Å²) in [6, 6.07) is 0. The molecule has 0 aromatic carbocycles. The smallest absolute Gasteiger partial charge is 0.228 e. The highest BCUT2D eigenvalue weighted by molar-refractivity contribution is 5.84. The second kappa shape index (κ2) is 12.6. The van der Waals surface area contributed by atoms with E-state index in [1.54, 1.807) is 0 Å². The molecule has 236 valence electrons. The Morgan fingerprint density at radius 1 is 0.405 bits per heavy atom. The van der Waals surface area contributed by atoms with E-state index in [2.05, 4.69) is 0 Å². The molecular weight excluding hydrogens is 532 g/mol. The molecule has 1 heterocycles. The molecule has 8 bridgehead atoms. The van der Waals surface area contributed by atoms with Crippen molar-refractivity contribution < 1.29 is 28.5 Å². The molecular formula is C34H54N2O6. The summed E-state index contributed by atoms with van der Waals surface area (Å²) in [5.74, 6) is 5.20. The van der Waals surface area contributed by atoms with Gasteiger partial charge in [0.1, 0.15) is 0 Å². The first-order chi connectivity index (χ1) is 20.5. The molecule has 0 radical (unpaired) electrons. The Morgan fingerprint density at radius 3 is 0.881 bits per heavy atom. The zero-order chi connectivity index (χ0) is 28.6. The van der Waals surface area contributed by atoms with Gasteiger partial charge in [-0.05, 0) is 113 Å². The van der Waals surface area contributed by atoms with Gasteiger partial charge >= 0.3 is 0 Å². The highest BCUT2D eigenvalue weighted by atomic mass is 16.5. The van der Waals surface area contributed by atoms with Gasteiger partial charge in [0.15, 0.2) is 0 Å². The van der Waals surface area contributed by atoms with Crippen molar-refractivity contribution >= 4 is 11.8 Å². The third kappa shape index (κ3) is 6.16. The van der Waals surface area contributed by atoms with Crippen LogP contribution >= 0.6 is 0 Å². The van der Waals surface area contributed by atoms with Gasteiger partial charge in [-0.1, -0.05) is 0 Å². The van der Waals surface area contributed by atoms with E-state index < -0.39 is 0 Å². The number of rotatable bonds is 2. The van der Waals surface area contributed by atoms with Crippen molar-refractivity contribution in [3.05, 3.63) is 0 Å². The topological polar surface area (TPSA) is 77.5 Å². The molecule has 8 heteroatoms. The summed E-state index contributed by atoms with van der Waals surface area (Å²) in [5.41, 5.74) is -0.283. The van der Waals surface area contributed by atoms with E-state index in [1.807, 2.05) is 9.80 Å². The molecule has 2 amide bonds. The Balaban J connectivity index is 0.918. The van der Waals surface area contributed by atoms with Crippen LogP contribution in [-0.4, -0.2) is 101 Å². The Morgan fingerprint density at radius 2 is 0.643 bits per heavy atom. The summed E-state index contributed by atoms with van der Waals surface area (Å²) >= 11 is 0. The fourth-order valence-electron chi connectivity index (χ4n) is 11.4. The summed E-state index contributed by atoms with van der Waals surface area (Å²) < 4.78 is 23.8. The molecule has 0 spiro atoms. The van der Waals surface area contributed by atoms with Gasteiger partial charge in [0.2, 0.25) is 11.8 Å². The third-order valence-electron chi connectivity index (χ3n) is 12.3. The molecule has 9 aliphatic rings. The van der Waals surface area contributed by atoms with Crippen LogP contribution in [0.2, 0.25) is 0 Å². The minimum atomic E-state index is -0.141. The quantitative estimate of drug-likeness (QED) is 0.484. The second-order valence-corrected chi connectivity index (χ2v) is 15.4. The molecule has 0 aromatic rings. The standard InChI is InChI=1S/C34H54N2O6/c37-31(33-19-25-13-26(20-33)15-27(14-25)21-33)35-1-5-39-9-10-41-7-3-36(4-8-42-12-11-40-6-2-35)32(38)34-22-28-16-29(23-34)18-30(17-28)24-34/h25-30H,1-24H2. The lowest BCUT2D eigenvalue weighted by Gasteiger charge is -2.56. The largest absolute Gasteiger partial charge is 0.377 e. The van der Waals surface area contributed by atoms with Gasteiger partial charge in [-0.25, -0.2) is 0 Å². The summed E-state index contributed by atoms with van der Waals surface area (Å²) in [4.78, 5) is 32.1. The molecule has 0 atom stereocenters. The van der Waals surface area contributed by atoms with Crippen LogP contribution in [0.3, 0.4) is 0 Å². The second-order valence-electron chi connectivity index (χ2n) is 15.4. The molecule has 42 heavy (non-hydrogen) atoms. The van der Waals surface area contributed by atoms with Gasteiger partial charge in [0.05, 0.1) is 63.7 Å². The predicted molar refractivity (Wildman–Crippen MR) is 158 cm³/mol. The van der Waals surface area contributed by atoms with Gasteiger partial charge in [-0.15, -0.1) is 0 Å². The maximum Gasteiger partial charge on any atom is 0.228 e. The first kappa shape index (κ1) is 29.5. The van der Waals surface area contributed by atoms with E-state index >= 15 is 0 Å². The van der Waals surface area contributed by atoms with Crippen molar-refractivity contribution in [1.29, 1.82) is 0 Å². The SMILES string of the molecule is O=C(N1CCOCCOCCN(C(=O)C23CC4CC(CC(C4)C2)C3)CCOCCOCC1)C12CC3CC(CC(C3)C1)C2. The third-order valence-corrected chi connectivity index (χ3v) is 12.3. The highest BCUT2D eigenvalue weighted by Gasteiger charge is 2.56. The fraction of sp³-hybridized carbons (Fsp3) is 0.941. The van der Waals surface area contributed by atoms with Crippen LogP contribution in [-0.2, 0) is 28.5 Å². The van der Waals surface area contributed by atoms with Gasteiger partial charge in [-0.2, -0.15) is 0 Å². The lowest BCUT2D eigenvalue weighted by molar-refractivity contribution is -0.160. The summed E-state index contributed by atoms with van der Waals surface area (Å²) in [7, 11) is 0. The Kier molecular flexibility index (Phi) is 8.88. The lowest BCUT2D eigenvalue weighted by Crippen LogP contribution is -2.55. The number of nitrogens with zero attached hydrogens (tertiary/aromatic N) is 2. The highest BCUT2D eigenvalue weighted by Crippen LogP contribution is 2.61. The molecule has 8 aliphatic carbocycles. The molecule has 0 N–H and O–H groups in total. The minimum absolute atomic E-state index is 0.141. The summed E-state index contributed by atoms with van der Waals surface area (Å²) in [6.07, 6.45) is 14.5. The van der Waals surface area contributed by atoms with Gasteiger partial charge in [-0.3, -0.25) is 9.59 Å². The zero-order valence-electron chi connectivity index (χ0n) is 25.8. The normalized spacial score (nSPS) is 43.2. The van der Waals surface area contributed by atoms with Crippen LogP contribution in [0.1, 0.15) is 77.0 Å². The van der Waals surface area contributed by atoms with Crippen molar-refractivity contribution in [3.8, 4) is 0 Å². The van der Waals surface area contributed by atoms with Crippen LogP contribution in [0.4, 0.5) is 0 Å². The average Bonchev–Trinajstić information content (AvgIpc) is 2.95. The molecule has 9 rings (SSSR count). The number of hydrogen-bond donors (Lipinski definition) is 0. The molecule has 0 unspecified atom stereocenters. The van der Waals surface area contributed by atoms with Crippen molar-refractivity contribution in [2.24, 2.45) is 46.3 Å². The number of ether oxygens (including phenoxy) is 4. The van der Waals surface area contributed by atoms with Crippen molar-refractivity contribution in [2.45, 2.75) is 77.0 Å². The van der Waals surface area contributed by atoms with E-state index in [0.717, 1.165) is 74.0 Å². The van der Waals surface area contributed by atoms with E-state index in [1.165, 1.54) is 38.5 Å². The van der Waals surface area contributed by atoms with E-state index in [9.17, 15) is 9.59 Å². The number of carbonyl (C=O) groups is 2. The first-order valence-corrected chi connectivity index (χ1v) is 17.4.